The van der Waals surface area contributed by atoms with Gasteiger partial charge in [0.25, 0.3) is 0 Å². The van der Waals surface area contributed by atoms with Crippen molar-refractivity contribution in [3.05, 3.63) is 164 Å². The summed E-state index contributed by atoms with van der Waals surface area (Å²) in [6.07, 6.45) is 44.5. The van der Waals surface area contributed by atoms with Crippen LogP contribution in [0.1, 0.15) is 304 Å². The topological polar surface area (TPSA) is 0 Å². The fourth-order valence-corrected chi connectivity index (χ4v) is 19.4. The molecule has 0 atom stereocenters. The molecule has 0 fully saturated rings. The molecule has 0 nitrogen and oxygen atoms in total. The maximum atomic E-state index is 2.76. The molecule has 0 heterocycles. The second-order valence-corrected chi connectivity index (χ2v) is 29.2. The Labute approximate surface area is 543 Å². The number of rotatable bonds is 42. The largest absolute Gasteiger partial charge is 0.748 e. The Balaban J connectivity index is 0.00000245. The van der Waals surface area contributed by atoms with Crippen molar-refractivity contribution in [3.8, 4) is 0 Å². The smallest absolute Gasteiger partial charge is 0 e. The molecular formula is C82H124P2Ti-6. The number of hydrogen-bond acceptors (Lipinski definition) is 0. The molecule has 3 heteroatoms. The molecule has 0 aliphatic heterocycles. The first-order valence-corrected chi connectivity index (χ1v) is 38.6. The third-order valence-corrected chi connectivity index (χ3v) is 23.7. The van der Waals surface area contributed by atoms with E-state index in [2.05, 4.69) is 150 Å². The Kier molecular flexibility index (Phi) is 38.4. The summed E-state index contributed by atoms with van der Waals surface area (Å²) >= 11 is 0. The van der Waals surface area contributed by atoms with Crippen LogP contribution in [0.2, 0.25) is 0 Å². The van der Waals surface area contributed by atoms with Crippen molar-refractivity contribution < 1.29 is 21.7 Å². The van der Waals surface area contributed by atoms with Gasteiger partial charge in [0.05, 0.1) is 0 Å². The minimum Gasteiger partial charge on any atom is -0.748 e. The minimum absolute atomic E-state index is 0. The zero-order valence-corrected chi connectivity index (χ0v) is 60.4. The Morgan fingerprint density at radius 1 is 0.271 bits per heavy atom. The van der Waals surface area contributed by atoms with Gasteiger partial charge in [0.2, 0.25) is 0 Å². The van der Waals surface area contributed by atoms with Crippen molar-refractivity contribution in [1.82, 2.24) is 0 Å². The van der Waals surface area contributed by atoms with Crippen LogP contribution in [-0.4, -0.2) is 0 Å². The summed E-state index contributed by atoms with van der Waals surface area (Å²) in [5, 5.41) is 10.2. The summed E-state index contributed by atoms with van der Waals surface area (Å²) in [6.45, 7) is 29.0. The molecule has 0 radical (unpaired) electrons. The van der Waals surface area contributed by atoms with Gasteiger partial charge in [-0.2, -0.15) is 6.07 Å². The normalized spacial score (nSPS) is 11.5. The molecular weight excluding hydrogens is 1090 g/mol. The van der Waals surface area contributed by atoms with E-state index in [-0.39, 0.29) is 21.7 Å². The number of aryl methyl sites for hydroxylation is 4. The van der Waals surface area contributed by atoms with Crippen molar-refractivity contribution in [1.29, 1.82) is 0 Å². The number of benzene rings is 4. The first kappa shape index (κ1) is 74.6. The Bertz CT molecular complexity index is 2360. The fraction of sp³-hybridized carbons (Fsp3) is 0.585. The van der Waals surface area contributed by atoms with Gasteiger partial charge < -0.3 is 30.3 Å². The van der Waals surface area contributed by atoms with E-state index in [9.17, 15) is 0 Å². The van der Waals surface area contributed by atoms with E-state index in [4.69, 9.17) is 0 Å². The van der Waals surface area contributed by atoms with Gasteiger partial charge in [0.15, 0.2) is 0 Å². The van der Waals surface area contributed by atoms with E-state index < -0.39 is 15.8 Å². The van der Waals surface area contributed by atoms with Crippen LogP contribution in [0.25, 0.3) is 0 Å². The Hall–Kier alpha value is -2.85. The quantitative estimate of drug-likeness (QED) is 0.0204. The summed E-state index contributed by atoms with van der Waals surface area (Å²) in [4.78, 5) is 0. The molecule has 85 heavy (non-hydrogen) atoms. The molecule has 0 saturated carbocycles. The molecule has 0 aromatic heterocycles. The summed E-state index contributed by atoms with van der Waals surface area (Å²) < 4.78 is 0. The third kappa shape index (κ3) is 22.0. The minimum atomic E-state index is -0.918. The molecule has 0 aliphatic carbocycles. The van der Waals surface area contributed by atoms with Crippen LogP contribution < -0.4 is 31.8 Å². The van der Waals surface area contributed by atoms with Gasteiger partial charge in [-0.05, 0) is 250 Å². The van der Waals surface area contributed by atoms with Gasteiger partial charge in [0.1, 0.15) is 0 Å². The molecule has 6 aromatic carbocycles. The van der Waals surface area contributed by atoms with Crippen LogP contribution in [0.4, 0.5) is 0 Å². The van der Waals surface area contributed by atoms with E-state index in [1.807, 2.05) is 30.3 Å². The Morgan fingerprint density at radius 3 is 0.753 bits per heavy atom. The molecule has 6 aromatic rings. The number of unbranched alkanes of at least 4 members (excludes halogenated alkanes) is 12. The fourth-order valence-electron chi connectivity index (χ4n) is 13.2. The van der Waals surface area contributed by atoms with Crippen molar-refractivity contribution in [3.63, 3.8) is 0 Å². The van der Waals surface area contributed by atoms with E-state index in [0.717, 1.165) is 0 Å². The summed E-state index contributed by atoms with van der Waals surface area (Å²) in [5.41, 5.74) is 20.5. The van der Waals surface area contributed by atoms with Crippen molar-refractivity contribution in [2.75, 3.05) is 0 Å². The van der Waals surface area contributed by atoms with E-state index in [0.29, 0.717) is 0 Å². The summed E-state index contributed by atoms with van der Waals surface area (Å²) in [5.74, 6) is 0. The van der Waals surface area contributed by atoms with E-state index >= 15 is 0 Å². The Morgan fingerprint density at radius 2 is 0.494 bits per heavy atom. The summed E-state index contributed by atoms with van der Waals surface area (Å²) in [7, 11) is -1.84. The molecule has 472 valence electrons. The molecule has 0 aliphatic rings. The number of hydrogen-bond donors (Lipinski definition) is 0. The maximum absolute atomic E-state index is 2.76. The van der Waals surface area contributed by atoms with Gasteiger partial charge in [-0.1, -0.05) is 217 Å². The van der Waals surface area contributed by atoms with Crippen LogP contribution >= 0.6 is 15.8 Å². The van der Waals surface area contributed by atoms with Crippen LogP contribution in [0.5, 0.6) is 0 Å². The molecule has 0 spiro atoms. The van der Waals surface area contributed by atoms with E-state index in [1.165, 1.54) is 231 Å². The van der Waals surface area contributed by atoms with Crippen molar-refractivity contribution >= 4 is 47.7 Å². The SMILES string of the molecule is CCCCc1ccc(P(c2ccc(CCCC)c(CCCC)c2CCCC)c2ccc[c-]2P(c2ccc(CCCC)c(CCCC)c2CCCC)c2ccc(CCCC)c(CCCC)c2CCCC)c(CCCC)c1CCCC.[Ti].[cH-]1[cH-][cH-][cH-][cH-]1. The van der Waals surface area contributed by atoms with Crippen LogP contribution in [-0.2, 0) is 98.8 Å². The van der Waals surface area contributed by atoms with Crippen LogP contribution in [0, 0.1) is 0 Å². The second kappa shape index (κ2) is 43.8. The maximum Gasteiger partial charge on any atom is 0 e. The average molecular weight is 1220 g/mol. The van der Waals surface area contributed by atoms with Gasteiger partial charge in [-0.3, -0.25) is 0 Å². The molecule has 0 unspecified atom stereocenters. The van der Waals surface area contributed by atoms with Gasteiger partial charge in [-0.15, -0.1) is 10.6 Å². The van der Waals surface area contributed by atoms with Crippen molar-refractivity contribution in [2.24, 2.45) is 0 Å². The predicted octanol–water partition coefficient (Wildman–Crippen LogP) is 22.4. The third-order valence-electron chi connectivity index (χ3n) is 18.2. The molecule has 0 saturated heterocycles. The van der Waals surface area contributed by atoms with Crippen molar-refractivity contribution in [2.45, 2.75) is 314 Å². The predicted molar refractivity (Wildman–Crippen MR) is 385 cm³/mol. The summed E-state index contributed by atoms with van der Waals surface area (Å²) in [6, 6.07) is 39.8. The van der Waals surface area contributed by atoms with Gasteiger partial charge in [-0.25, -0.2) is 12.1 Å². The first-order valence-electron chi connectivity index (χ1n) is 35.9. The van der Waals surface area contributed by atoms with Crippen LogP contribution in [0.3, 0.4) is 0 Å². The molecule has 0 N–H and O–H groups in total. The zero-order valence-electron chi connectivity index (χ0n) is 57.1. The monoisotopic (exact) mass is 1220 g/mol. The van der Waals surface area contributed by atoms with Crippen LogP contribution in [0.15, 0.2) is 97.1 Å². The zero-order chi connectivity index (χ0) is 60.3. The standard InChI is InChI=1S/C77H119P2.C5H5.Ti/c1-13-25-38-60-52-56-72(68(46-33-21-9)64(60)42-29-17-5)78(73-57-53-61(39-26-14-2)65(43-30-18-6)69(73)47-34-22-10)76-50-37-51-77(76)79(74-58-54-62(40-27-15-3)66(44-31-19-7)70(74)48-35-23-11)75-59-55-63(41-28-16-4)67(45-32-20-8)71(75)49-36-24-12;1-2-4-5-3-1;/h37,50-59H,13-36,38-49H2,1-12H3;1-5H;/q-1;-5;. The molecule has 0 bridgehead atoms. The second-order valence-electron chi connectivity index (χ2n) is 25.0. The molecule has 6 rings (SSSR count). The van der Waals surface area contributed by atoms with Gasteiger partial charge >= 0.3 is 0 Å². The molecule has 0 amide bonds. The van der Waals surface area contributed by atoms with E-state index in [1.54, 1.807) is 98.6 Å². The van der Waals surface area contributed by atoms with Gasteiger partial charge in [0, 0.05) is 21.7 Å². The first-order chi connectivity index (χ1) is 41.3. The average Bonchev–Trinajstić information content (AvgIpc) is 2.67.